The van der Waals surface area contributed by atoms with Gasteiger partial charge in [0.05, 0.1) is 11.3 Å². The van der Waals surface area contributed by atoms with Crippen molar-refractivity contribution in [3.8, 4) is 6.07 Å². The molecule has 0 radical (unpaired) electrons. The maximum Gasteiger partial charge on any atom is 0.102 e. The Balaban J connectivity index is 2.52. The SMILES string of the molecule is CSc1cccc(NCCCN(C)C(C)C)c1C#N. The Bertz CT molecular complexity index is 438. The summed E-state index contributed by atoms with van der Waals surface area (Å²) in [5.74, 6) is 0. The Hall–Kier alpha value is -1.18. The van der Waals surface area contributed by atoms with Crippen molar-refractivity contribution in [2.24, 2.45) is 0 Å². The zero-order valence-corrected chi connectivity index (χ0v) is 13.0. The van der Waals surface area contributed by atoms with Gasteiger partial charge in [-0.1, -0.05) is 6.07 Å². The summed E-state index contributed by atoms with van der Waals surface area (Å²) in [6.45, 7) is 6.35. The van der Waals surface area contributed by atoms with Crippen LogP contribution in [-0.2, 0) is 0 Å². The van der Waals surface area contributed by atoms with Gasteiger partial charge in [0.25, 0.3) is 0 Å². The average Bonchev–Trinajstić information content (AvgIpc) is 2.42. The molecule has 0 unspecified atom stereocenters. The van der Waals surface area contributed by atoms with Gasteiger partial charge in [-0.25, -0.2) is 0 Å². The van der Waals surface area contributed by atoms with E-state index in [1.54, 1.807) is 11.8 Å². The molecule has 0 atom stereocenters. The lowest BCUT2D eigenvalue weighted by molar-refractivity contribution is 0.273. The van der Waals surface area contributed by atoms with E-state index < -0.39 is 0 Å². The van der Waals surface area contributed by atoms with E-state index in [1.807, 2.05) is 24.5 Å². The number of nitrogens with zero attached hydrogens (tertiary/aromatic N) is 2. The molecule has 0 aliphatic carbocycles. The molecule has 3 nitrogen and oxygen atoms in total. The molecule has 0 aliphatic rings. The van der Waals surface area contributed by atoms with Gasteiger partial charge in [0.1, 0.15) is 6.07 Å². The van der Waals surface area contributed by atoms with Crippen molar-refractivity contribution in [1.82, 2.24) is 4.90 Å². The van der Waals surface area contributed by atoms with Crippen molar-refractivity contribution in [2.75, 3.05) is 31.7 Å². The Morgan fingerprint density at radius 2 is 2.16 bits per heavy atom. The molecule has 4 heteroatoms. The highest BCUT2D eigenvalue weighted by atomic mass is 32.2. The van der Waals surface area contributed by atoms with E-state index in [0.717, 1.165) is 35.7 Å². The molecule has 0 aromatic heterocycles. The van der Waals surface area contributed by atoms with Gasteiger partial charge in [0.2, 0.25) is 0 Å². The molecule has 1 rings (SSSR count). The molecule has 0 spiro atoms. The van der Waals surface area contributed by atoms with Crippen LogP contribution in [0.3, 0.4) is 0 Å². The molecule has 1 aromatic rings. The molecular weight excluding hydrogens is 254 g/mol. The van der Waals surface area contributed by atoms with Gasteiger partial charge in [-0.2, -0.15) is 5.26 Å². The lowest BCUT2D eigenvalue weighted by Crippen LogP contribution is -2.28. The second-order valence-electron chi connectivity index (χ2n) is 4.85. The minimum atomic E-state index is 0.578. The van der Waals surface area contributed by atoms with Gasteiger partial charge in [-0.3, -0.25) is 0 Å². The first kappa shape index (κ1) is 15.9. The summed E-state index contributed by atoms with van der Waals surface area (Å²) in [6.07, 6.45) is 3.07. The molecule has 0 heterocycles. The fourth-order valence-corrected chi connectivity index (χ4v) is 2.35. The summed E-state index contributed by atoms with van der Waals surface area (Å²) in [4.78, 5) is 3.36. The van der Waals surface area contributed by atoms with Gasteiger partial charge < -0.3 is 10.2 Å². The van der Waals surface area contributed by atoms with E-state index in [2.05, 4.69) is 37.2 Å². The molecule has 0 aliphatic heterocycles. The van der Waals surface area contributed by atoms with Gasteiger partial charge in [0, 0.05) is 17.5 Å². The molecule has 0 saturated carbocycles. The van der Waals surface area contributed by atoms with Crippen LogP contribution in [0.5, 0.6) is 0 Å². The predicted molar refractivity (Wildman–Crippen MR) is 83.8 cm³/mol. The molecule has 0 bridgehead atoms. The van der Waals surface area contributed by atoms with E-state index in [0.29, 0.717) is 6.04 Å². The first-order valence-corrected chi connectivity index (χ1v) is 7.83. The number of thioether (sulfide) groups is 1. The predicted octanol–water partition coefficient (Wildman–Crippen LogP) is 3.42. The maximum absolute atomic E-state index is 9.24. The molecular formula is C15H23N3S. The number of nitrogens with one attached hydrogen (secondary N) is 1. The lowest BCUT2D eigenvalue weighted by Gasteiger charge is -2.21. The topological polar surface area (TPSA) is 39.1 Å². The number of anilines is 1. The minimum Gasteiger partial charge on any atom is -0.384 e. The third kappa shape index (κ3) is 4.77. The van der Waals surface area contributed by atoms with Crippen molar-refractivity contribution in [3.63, 3.8) is 0 Å². The van der Waals surface area contributed by atoms with Crippen LogP contribution in [0.15, 0.2) is 23.1 Å². The van der Waals surface area contributed by atoms with E-state index in [1.165, 1.54) is 0 Å². The van der Waals surface area contributed by atoms with E-state index in [9.17, 15) is 5.26 Å². The molecule has 1 N–H and O–H groups in total. The van der Waals surface area contributed by atoms with Crippen molar-refractivity contribution >= 4 is 17.4 Å². The Kier molecular flexibility index (Phi) is 6.75. The fourth-order valence-electron chi connectivity index (χ4n) is 1.77. The van der Waals surface area contributed by atoms with Crippen molar-refractivity contribution in [3.05, 3.63) is 23.8 Å². The zero-order chi connectivity index (χ0) is 14.3. The Morgan fingerprint density at radius 1 is 1.42 bits per heavy atom. The zero-order valence-electron chi connectivity index (χ0n) is 12.2. The van der Waals surface area contributed by atoms with Crippen molar-refractivity contribution in [1.29, 1.82) is 5.26 Å². The standard InChI is InChI=1S/C15H23N3S/c1-12(2)18(3)10-6-9-17-14-7-5-8-15(19-4)13(14)11-16/h5,7-8,12,17H,6,9-10H2,1-4H3. The van der Waals surface area contributed by atoms with E-state index in [-0.39, 0.29) is 0 Å². The maximum atomic E-state index is 9.24. The van der Waals surface area contributed by atoms with Crippen molar-refractivity contribution in [2.45, 2.75) is 31.2 Å². The van der Waals surface area contributed by atoms with Crippen molar-refractivity contribution < 1.29 is 0 Å². The second-order valence-corrected chi connectivity index (χ2v) is 5.70. The molecule has 1 aromatic carbocycles. The molecule has 19 heavy (non-hydrogen) atoms. The summed E-state index contributed by atoms with van der Waals surface area (Å²) in [5.41, 5.74) is 1.70. The highest BCUT2D eigenvalue weighted by Gasteiger charge is 2.07. The van der Waals surface area contributed by atoms with Crippen LogP contribution in [0, 0.1) is 11.3 Å². The number of rotatable bonds is 7. The number of hydrogen-bond acceptors (Lipinski definition) is 4. The van der Waals surface area contributed by atoms with Crippen LogP contribution in [0.2, 0.25) is 0 Å². The summed E-state index contributed by atoms with van der Waals surface area (Å²) in [6, 6.07) is 8.83. The summed E-state index contributed by atoms with van der Waals surface area (Å²) < 4.78 is 0. The first-order chi connectivity index (χ1) is 9.10. The highest BCUT2D eigenvalue weighted by Crippen LogP contribution is 2.26. The average molecular weight is 277 g/mol. The lowest BCUT2D eigenvalue weighted by atomic mass is 10.2. The number of nitriles is 1. The van der Waals surface area contributed by atoms with Crippen LogP contribution in [0.25, 0.3) is 0 Å². The summed E-state index contributed by atoms with van der Waals surface area (Å²) >= 11 is 1.61. The quantitative estimate of drug-likeness (QED) is 0.612. The normalized spacial score (nSPS) is 10.8. The number of hydrogen-bond donors (Lipinski definition) is 1. The molecule has 0 amide bonds. The Morgan fingerprint density at radius 3 is 2.74 bits per heavy atom. The van der Waals surface area contributed by atoms with E-state index in [4.69, 9.17) is 0 Å². The third-order valence-corrected chi connectivity index (χ3v) is 4.02. The highest BCUT2D eigenvalue weighted by molar-refractivity contribution is 7.98. The fraction of sp³-hybridized carbons (Fsp3) is 0.533. The molecule has 104 valence electrons. The number of benzene rings is 1. The molecule has 0 fully saturated rings. The summed E-state index contributed by atoms with van der Waals surface area (Å²) in [5, 5.41) is 12.6. The monoisotopic (exact) mass is 277 g/mol. The van der Waals surface area contributed by atoms with Gasteiger partial charge in [0.15, 0.2) is 0 Å². The summed E-state index contributed by atoms with van der Waals surface area (Å²) in [7, 11) is 2.14. The largest absolute Gasteiger partial charge is 0.384 e. The minimum absolute atomic E-state index is 0.578. The van der Waals surface area contributed by atoms with Crippen LogP contribution < -0.4 is 5.32 Å². The smallest absolute Gasteiger partial charge is 0.102 e. The third-order valence-electron chi connectivity index (χ3n) is 3.24. The van der Waals surface area contributed by atoms with Crippen LogP contribution in [-0.4, -0.2) is 37.3 Å². The van der Waals surface area contributed by atoms with Gasteiger partial charge in [-0.05, 0) is 52.2 Å². The Labute approximate surface area is 121 Å². The van der Waals surface area contributed by atoms with Gasteiger partial charge in [-0.15, -0.1) is 11.8 Å². The second kappa shape index (κ2) is 8.08. The molecule has 0 saturated heterocycles. The van der Waals surface area contributed by atoms with Gasteiger partial charge >= 0.3 is 0 Å². The van der Waals surface area contributed by atoms with Crippen LogP contribution >= 0.6 is 11.8 Å². The van der Waals surface area contributed by atoms with Crippen LogP contribution in [0.4, 0.5) is 5.69 Å². The van der Waals surface area contributed by atoms with Crippen LogP contribution in [0.1, 0.15) is 25.8 Å². The van der Waals surface area contributed by atoms with E-state index >= 15 is 0 Å². The first-order valence-electron chi connectivity index (χ1n) is 6.61.